The summed E-state index contributed by atoms with van der Waals surface area (Å²) in [5.74, 6) is 0.881. The highest BCUT2D eigenvalue weighted by Crippen LogP contribution is 2.25. The van der Waals surface area contributed by atoms with Crippen LogP contribution >= 0.6 is 11.3 Å². The summed E-state index contributed by atoms with van der Waals surface area (Å²) >= 11 is 1.85. The van der Waals surface area contributed by atoms with E-state index in [0.717, 1.165) is 18.9 Å². The molecule has 18 heavy (non-hydrogen) atoms. The summed E-state index contributed by atoms with van der Waals surface area (Å²) in [6.07, 6.45) is 11.7. The monoisotopic (exact) mass is 266 g/mol. The van der Waals surface area contributed by atoms with Gasteiger partial charge < -0.3 is 5.32 Å². The Bertz CT molecular complexity index is 340. The van der Waals surface area contributed by atoms with E-state index in [4.69, 9.17) is 0 Å². The Morgan fingerprint density at radius 3 is 2.67 bits per heavy atom. The lowest BCUT2D eigenvalue weighted by molar-refractivity contribution is 0.337. The topological polar surface area (TPSA) is 24.9 Å². The molecule has 0 spiro atoms. The van der Waals surface area contributed by atoms with Crippen molar-refractivity contribution in [3.63, 3.8) is 0 Å². The normalized spacial score (nSPS) is 19.7. The zero-order chi connectivity index (χ0) is 12.8. The summed E-state index contributed by atoms with van der Waals surface area (Å²) in [5.41, 5.74) is 0. The molecule has 2 rings (SSSR count). The molecule has 1 fully saturated rings. The van der Waals surface area contributed by atoms with Crippen molar-refractivity contribution in [3.05, 3.63) is 16.1 Å². The molecule has 1 atom stereocenters. The van der Waals surface area contributed by atoms with Gasteiger partial charge in [-0.2, -0.15) is 0 Å². The number of thiazole rings is 1. The van der Waals surface area contributed by atoms with Gasteiger partial charge in [-0.15, -0.1) is 11.3 Å². The number of aromatic nitrogens is 1. The van der Waals surface area contributed by atoms with Crippen LogP contribution in [0.4, 0.5) is 0 Å². The molecule has 0 saturated heterocycles. The first-order valence-corrected chi connectivity index (χ1v) is 8.28. The number of hydrogen-bond donors (Lipinski definition) is 1. The first-order valence-electron chi connectivity index (χ1n) is 7.46. The number of aryl methyl sites for hydroxylation is 1. The van der Waals surface area contributed by atoms with E-state index in [1.54, 1.807) is 0 Å². The van der Waals surface area contributed by atoms with Gasteiger partial charge in [0.25, 0.3) is 0 Å². The van der Waals surface area contributed by atoms with Crippen molar-refractivity contribution >= 4 is 11.3 Å². The summed E-state index contributed by atoms with van der Waals surface area (Å²) in [7, 11) is 0. The van der Waals surface area contributed by atoms with Gasteiger partial charge in [0.05, 0.1) is 5.01 Å². The third-order valence-corrected chi connectivity index (χ3v) is 5.25. The Morgan fingerprint density at radius 1 is 1.33 bits per heavy atom. The molecule has 0 aromatic carbocycles. The van der Waals surface area contributed by atoms with Gasteiger partial charge in [-0.05, 0) is 32.1 Å². The zero-order valence-electron chi connectivity index (χ0n) is 11.7. The van der Waals surface area contributed by atoms with Gasteiger partial charge in [-0.3, -0.25) is 0 Å². The molecule has 1 aromatic heterocycles. The molecule has 0 unspecified atom stereocenters. The highest BCUT2D eigenvalue weighted by molar-refractivity contribution is 7.11. The van der Waals surface area contributed by atoms with Crippen molar-refractivity contribution < 1.29 is 0 Å². The third-order valence-electron chi connectivity index (χ3n) is 4.11. The fraction of sp³-hybridized carbons (Fsp3) is 0.800. The minimum Gasteiger partial charge on any atom is -0.309 e. The van der Waals surface area contributed by atoms with Gasteiger partial charge in [0, 0.05) is 23.7 Å². The third kappa shape index (κ3) is 4.06. The van der Waals surface area contributed by atoms with Crippen LogP contribution in [0, 0.1) is 5.92 Å². The predicted molar refractivity (Wildman–Crippen MR) is 79.0 cm³/mol. The van der Waals surface area contributed by atoms with Crippen molar-refractivity contribution in [2.45, 2.75) is 71.4 Å². The minimum absolute atomic E-state index is 0.648. The lowest BCUT2D eigenvalue weighted by atomic mass is 9.93. The van der Waals surface area contributed by atoms with E-state index >= 15 is 0 Å². The second-order valence-corrected chi connectivity index (χ2v) is 6.69. The molecular formula is C15H26N2S. The van der Waals surface area contributed by atoms with E-state index in [2.05, 4.69) is 24.1 Å². The Hall–Kier alpha value is -0.410. The number of rotatable bonds is 5. The molecule has 3 heteroatoms. The van der Waals surface area contributed by atoms with Crippen LogP contribution in [0.5, 0.6) is 0 Å². The van der Waals surface area contributed by atoms with Gasteiger partial charge in [0.1, 0.15) is 0 Å². The van der Waals surface area contributed by atoms with Crippen LogP contribution in [0.2, 0.25) is 0 Å². The van der Waals surface area contributed by atoms with Gasteiger partial charge in [-0.1, -0.05) is 32.6 Å². The van der Waals surface area contributed by atoms with Crippen LogP contribution in [0.15, 0.2) is 6.20 Å². The van der Waals surface area contributed by atoms with Crippen LogP contribution < -0.4 is 5.32 Å². The molecule has 0 bridgehead atoms. The maximum Gasteiger partial charge on any atom is 0.0925 e. The van der Waals surface area contributed by atoms with Crippen LogP contribution in [0.3, 0.4) is 0 Å². The fourth-order valence-electron chi connectivity index (χ4n) is 2.83. The number of nitrogens with one attached hydrogen (secondary N) is 1. The van der Waals surface area contributed by atoms with Gasteiger partial charge in [0.15, 0.2) is 0 Å². The van der Waals surface area contributed by atoms with Crippen molar-refractivity contribution in [1.29, 1.82) is 0 Å². The van der Waals surface area contributed by atoms with E-state index in [9.17, 15) is 0 Å². The summed E-state index contributed by atoms with van der Waals surface area (Å²) in [6.45, 7) is 5.53. The van der Waals surface area contributed by atoms with Crippen molar-refractivity contribution in [2.24, 2.45) is 5.92 Å². The summed E-state index contributed by atoms with van der Waals surface area (Å²) in [5, 5.41) is 4.96. The Kier molecular flexibility index (Phi) is 5.64. The largest absolute Gasteiger partial charge is 0.309 e. The molecule has 1 N–H and O–H groups in total. The lowest BCUT2D eigenvalue weighted by Gasteiger charge is -2.23. The summed E-state index contributed by atoms with van der Waals surface area (Å²) in [4.78, 5) is 5.80. The second-order valence-electron chi connectivity index (χ2n) is 5.50. The smallest absolute Gasteiger partial charge is 0.0925 e. The SMILES string of the molecule is CCc1ncc(CN[C@@H](C)C2CCCCCC2)s1. The van der Waals surface area contributed by atoms with Crippen LogP contribution in [0.1, 0.15) is 62.3 Å². The highest BCUT2D eigenvalue weighted by atomic mass is 32.1. The molecule has 0 amide bonds. The van der Waals surface area contributed by atoms with Crippen molar-refractivity contribution in [2.75, 3.05) is 0 Å². The first kappa shape index (κ1) is 14.0. The Morgan fingerprint density at radius 2 is 2.06 bits per heavy atom. The molecule has 0 radical (unpaired) electrons. The van der Waals surface area contributed by atoms with E-state index in [1.807, 2.05) is 17.5 Å². The Balaban J connectivity index is 1.77. The zero-order valence-corrected chi connectivity index (χ0v) is 12.6. The number of nitrogens with zero attached hydrogens (tertiary/aromatic N) is 1. The van der Waals surface area contributed by atoms with E-state index in [-0.39, 0.29) is 0 Å². The lowest BCUT2D eigenvalue weighted by Crippen LogP contribution is -2.32. The Labute approximate surface area is 115 Å². The average molecular weight is 266 g/mol. The van der Waals surface area contributed by atoms with E-state index in [0.29, 0.717) is 6.04 Å². The predicted octanol–water partition coefficient (Wildman–Crippen LogP) is 4.15. The maximum atomic E-state index is 4.42. The molecule has 1 aliphatic carbocycles. The van der Waals surface area contributed by atoms with Crippen LogP contribution in [0.25, 0.3) is 0 Å². The van der Waals surface area contributed by atoms with Crippen molar-refractivity contribution in [3.8, 4) is 0 Å². The molecule has 1 heterocycles. The fourth-order valence-corrected chi connectivity index (χ4v) is 3.65. The van der Waals surface area contributed by atoms with Gasteiger partial charge >= 0.3 is 0 Å². The molecule has 1 aromatic rings. The average Bonchev–Trinajstić information content (AvgIpc) is 2.68. The molecule has 1 saturated carbocycles. The molecule has 2 nitrogen and oxygen atoms in total. The molecule has 102 valence electrons. The van der Waals surface area contributed by atoms with Gasteiger partial charge in [-0.25, -0.2) is 4.98 Å². The van der Waals surface area contributed by atoms with E-state index < -0.39 is 0 Å². The second kappa shape index (κ2) is 7.25. The quantitative estimate of drug-likeness (QED) is 0.810. The molecule has 0 aliphatic heterocycles. The number of hydrogen-bond acceptors (Lipinski definition) is 3. The summed E-state index contributed by atoms with van der Waals surface area (Å²) in [6, 6.07) is 0.648. The first-order chi connectivity index (χ1) is 8.79. The molecular weight excluding hydrogens is 240 g/mol. The van der Waals surface area contributed by atoms with Crippen molar-refractivity contribution in [1.82, 2.24) is 10.3 Å². The minimum atomic E-state index is 0.648. The van der Waals surface area contributed by atoms with Gasteiger partial charge in [0.2, 0.25) is 0 Å². The summed E-state index contributed by atoms with van der Waals surface area (Å²) < 4.78 is 0. The van der Waals surface area contributed by atoms with Crippen LogP contribution in [-0.2, 0) is 13.0 Å². The molecule has 1 aliphatic rings. The standard InChI is InChI=1S/C15H26N2S/c1-3-15-17-11-14(18-15)10-16-12(2)13-8-6-4-5-7-9-13/h11-13,16H,3-10H2,1-2H3/t12-/m0/s1. The highest BCUT2D eigenvalue weighted by Gasteiger charge is 2.18. The maximum absolute atomic E-state index is 4.42. The van der Waals surface area contributed by atoms with E-state index in [1.165, 1.54) is 48.4 Å². The van der Waals surface area contributed by atoms with Crippen LogP contribution in [-0.4, -0.2) is 11.0 Å².